The zero-order chi connectivity index (χ0) is 15.5. The lowest BCUT2D eigenvalue weighted by Gasteiger charge is -2.27. The largest absolute Gasteiger partial charge is 0.326 e. The van der Waals surface area contributed by atoms with Crippen molar-refractivity contribution in [3.8, 4) is 0 Å². The predicted octanol–water partition coefficient (Wildman–Crippen LogP) is 2.04. The van der Waals surface area contributed by atoms with E-state index >= 15 is 0 Å². The van der Waals surface area contributed by atoms with Crippen molar-refractivity contribution in [2.75, 3.05) is 18.8 Å². The van der Waals surface area contributed by atoms with Crippen molar-refractivity contribution >= 4 is 9.84 Å². The molecule has 0 saturated carbocycles. The lowest BCUT2D eigenvalue weighted by Crippen LogP contribution is -2.36. The number of sulfone groups is 1. The fraction of sp³-hybridized carbons (Fsp3) is 0.625. The highest BCUT2D eigenvalue weighted by Gasteiger charge is 2.28. The summed E-state index contributed by atoms with van der Waals surface area (Å²) < 4.78 is 24.8. The second-order valence-electron chi connectivity index (χ2n) is 6.16. The van der Waals surface area contributed by atoms with E-state index in [0.717, 1.165) is 12.1 Å². The Kier molecular flexibility index (Phi) is 5.41. The first-order valence-electron chi connectivity index (χ1n) is 7.70. The minimum atomic E-state index is -3.20. The molecule has 0 amide bonds. The molecule has 5 heteroatoms. The second-order valence-corrected chi connectivity index (χ2v) is 8.27. The summed E-state index contributed by atoms with van der Waals surface area (Å²) in [6, 6.07) is 7.45. The third-order valence-electron chi connectivity index (χ3n) is 4.35. The Balaban J connectivity index is 2.00. The highest BCUT2D eigenvalue weighted by Crippen LogP contribution is 2.24. The van der Waals surface area contributed by atoms with Crippen LogP contribution in [0.3, 0.4) is 0 Å². The number of likely N-dealkylation sites (tertiary alicyclic amines) is 1. The quantitative estimate of drug-likeness (QED) is 0.873. The maximum absolute atomic E-state index is 12.4. The summed E-state index contributed by atoms with van der Waals surface area (Å²) >= 11 is 0. The Hall–Kier alpha value is -0.910. The molecule has 1 unspecified atom stereocenters. The Morgan fingerprint density at radius 3 is 2.52 bits per heavy atom. The van der Waals surface area contributed by atoms with Crippen LogP contribution in [0.1, 0.15) is 32.3 Å². The van der Waals surface area contributed by atoms with E-state index in [1.807, 2.05) is 0 Å². The van der Waals surface area contributed by atoms with Crippen molar-refractivity contribution in [1.29, 1.82) is 0 Å². The Morgan fingerprint density at radius 1 is 1.29 bits per heavy atom. The van der Waals surface area contributed by atoms with Crippen LogP contribution in [0.5, 0.6) is 0 Å². The van der Waals surface area contributed by atoms with Gasteiger partial charge in [-0.25, -0.2) is 8.42 Å². The van der Waals surface area contributed by atoms with Crippen LogP contribution in [0, 0.1) is 5.92 Å². The van der Waals surface area contributed by atoms with Gasteiger partial charge in [0.1, 0.15) is 0 Å². The van der Waals surface area contributed by atoms with Gasteiger partial charge in [-0.3, -0.25) is 4.90 Å². The fourth-order valence-corrected chi connectivity index (χ4v) is 4.33. The molecular weight excluding hydrogens is 284 g/mol. The molecule has 4 nitrogen and oxygen atoms in total. The topological polar surface area (TPSA) is 63.4 Å². The SMILES string of the molecule is CC(C)C1CCCN1CCS(=O)(=O)c1ccc(CN)cc1. The lowest BCUT2D eigenvalue weighted by atomic mass is 10.0. The average Bonchev–Trinajstić information content (AvgIpc) is 2.94. The molecule has 0 radical (unpaired) electrons. The van der Waals surface area contributed by atoms with Gasteiger partial charge >= 0.3 is 0 Å². The molecule has 1 fully saturated rings. The van der Waals surface area contributed by atoms with Crippen molar-refractivity contribution < 1.29 is 8.42 Å². The van der Waals surface area contributed by atoms with E-state index in [-0.39, 0.29) is 5.75 Å². The number of nitrogens with zero attached hydrogens (tertiary/aromatic N) is 1. The van der Waals surface area contributed by atoms with E-state index in [0.29, 0.717) is 29.9 Å². The molecule has 0 bridgehead atoms. The average molecular weight is 310 g/mol. The third kappa shape index (κ3) is 4.05. The van der Waals surface area contributed by atoms with Gasteiger partial charge in [-0.2, -0.15) is 0 Å². The Labute approximate surface area is 128 Å². The smallest absolute Gasteiger partial charge is 0.179 e. The molecule has 21 heavy (non-hydrogen) atoms. The minimum Gasteiger partial charge on any atom is -0.326 e. The highest BCUT2D eigenvalue weighted by atomic mass is 32.2. The van der Waals surface area contributed by atoms with Gasteiger partial charge in [0.05, 0.1) is 10.6 Å². The van der Waals surface area contributed by atoms with Gasteiger partial charge in [-0.05, 0) is 43.0 Å². The summed E-state index contributed by atoms with van der Waals surface area (Å²) in [5.74, 6) is 0.775. The summed E-state index contributed by atoms with van der Waals surface area (Å²) in [6.07, 6.45) is 2.36. The van der Waals surface area contributed by atoms with Crippen LogP contribution in [-0.4, -0.2) is 38.2 Å². The molecule has 1 heterocycles. The van der Waals surface area contributed by atoms with Crippen LogP contribution in [-0.2, 0) is 16.4 Å². The standard InChI is InChI=1S/C16H26N2O2S/c1-13(2)16-4-3-9-18(16)10-11-21(19,20)15-7-5-14(12-17)6-8-15/h5-8,13,16H,3-4,9-12,17H2,1-2H3. The molecule has 2 rings (SSSR count). The van der Waals surface area contributed by atoms with Gasteiger partial charge in [-0.1, -0.05) is 26.0 Å². The van der Waals surface area contributed by atoms with Crippen LogP contribution in [0.25, 0.3) is 0 Å². The van der Waals surface area contributed by atoms with E-state index in [4.69, 9.17) is 5.73 Å². The first-order valence-corrected chi connectivity index (χ1v) is 9.35. The van der Waals surface area contributed by atoms with Gasteiger partial charge in [-0.15, -0.1) is 0 Å². The van der Waals surface area contributed by atoms with Gasteiger partial charge in [0.15, 0.2) is 9.84 Å². The molecule has 1 aromatic rings. The normalized spacial score (nSPS) is 20.3. The fourth-order valence-electron chi connectivity index (χ4n) is 3.07. The first kappa shape index (κ1) is 16.5. The maximum Gasteiger partial charge on any atom is 0.179 e. The van der Waals surface area contributed by atoms with Gasteiger partial charge in [0.25, 0.3) is 0 Å². The van der Waals surface area contributed by atoms with E-state index in [9.17, 15) is 8.42 Å². The highest BCUT2D eigenvalue weighted by molar-refractivity contribution is 7.91. The van der Waals surface area contributed by atoms with Crippen molar-refractivity contribution in [3.63, 3.8) is 0 Å². The van der Waals surface area contributed by atoms with Crippen molar-refractivity contribution in [1.82, 2.24) is 4.90 Å². The summed E-state index contributed by atoms with van der Waals surface area (Å²) in [6.45, 7) is 6.50. The lowest BCUT2D eigenvalue weighted by molar-refractivity contribution is 0.217. The van der Waals surface area contributed by atoms with E-state index in [1.54, 1.807) is 24.3 Å². The molecule has 0 aliphatic carbocycles. The zero-order valence-electron chi connectivity index (χ0n) is 13.0. The molecule has 1 saturated heterocycles. The molecule has 1 atom stereocenters. The summed E-state index contributed by atoms with van der Waals surface area (Å²) in [5, 5.41) is 0. The maximum atomic E-state index is 12.4. The van der Waals surface area contributed by atoms with E-state index in [2.05, 4.69) is 18.7 Å². The zero-order valence-corrected chi connectivity index (χ0v) is 13.8. The van der Waals surface area contributed by atoms with Crippen molar-refractivity contribution in [2.45, 2.75) is 44.2 Å². The molecule has 118 valence electrons. The second kappa shape index (κ2) is 6.90. The van der Waals surface area contributed by atoms with E-state index < -0.39 is 9.84 Å². The number of benzene rings is 1. The molecule has 1 aliphatic heterocycles. The monoisotopic (exact) mass is 310 g/mol. The molecule has 0 aromatic heterocycles. The Bertz CT molecular complexity index is 552. The molecular formula is C16H26N2O2S. The molecule has 1 aliphatic rings. The van der Waals surface area contributed by atoms with Crippen LogP contribution < -0.4 is 5.73 Å². The number of hydrogen-bond donors (Lipinski definition) is 1. The van der Waals surface area contributed by atoms with Crippen molar-refractivity contribution in [3.05, 3.63) is 29.8 Å². The summed E-state index contributed by atoms with van der Waals surface area (Å²) in [7, 11) is -3.20. The minimum absolute atomic E-state index is 0.193. The van der Waals surface area contributed by atoms with E-state index in [1.165, 1.54) is 12.8 Å². The third-order valence-corrected chi connectivity index (χ3v) is 6.06. The van der Waals surface area contributed by atoms with Crippen LogP contribution in [0.15, 0.2) is 29.2 Å². The predicted molar refractivity (Wildman–Crippen MR) is 85.8 cm³/mol. The van der Waals surface area contributed by atoms with Crippen LogP contribution in [0.4, 0.5) is 0 Å². The van der Waals surface area contributed by atoms with Crippen LogP contribution in [0.2, 0.25) is 0 Å². The first-order chi connectivity index (χ1) is 9.94. The van der Waals surface area contributed by atoms with Gasteiger partial charge in [0, 0.05) is 19.1 Å². The van der Waals surface area contributed by atoms with Gasteiger partial charge in [0.2, 0.25) is 0 Å². The summed E-state index contributed by atoms with van der Waals surface area (Å²) in [4.78, 5) is 2.73. The molecule has 2 N–H and O–H groups in total. The number of nitrogens with two attached hydrogens (primary N) is 1. The Morgan fingerprint density at radius 2 is 1.95 bits per heavy atom. The van der Waals surface area contributed by atoms with Crippen LogP contribution >= 0.6 is 0 Å². The van der Waals surface area contributed by atoms with Gasteiger partial charge < -0.3 is 5.73 Å². The number of rotatable bonds is 6. The molecule has 1 aromatic carbocycles. The summed E-state index contributed by atoms with van der Waals surface area (Å²) in [5.41, 5.74) is 6.49. The molecule has 0 spiro atoms. The van der Waals surface area contributed by atoms with Crippen molar-refractivity contribution in [2.24, 2.45) is 11.7 Å². The number of hydrogen-bond acceptors (Lipinski definition) is 4.